The monoisotopic (exact) mass is 828 g/mol. The maximum atomic E-state index is 6.46. The molecule has 0 fully saturated rings. The summed E-state index contributed by atoms with van der Waals surface area (Å²) in [5.41, 5.74) is 15.4. The first-order valence-corrected chi connectivity index (χ1v) is 22.2. The first-order valence-electron chi connectivity index (χ1n) is 22.2. The third-order valence-corrected chi connectivity index (χ3v) is 13.1. The van der Waals surface area contributed by atoms with E-state index in [-0.39, 0.29) is 0 Å². The number of anilines is 3. The van der Waals surface area contributed by atoms with Gasteiger partial charge in [-0.05, 0) is 123 Å². The molecule has 0 saturated carbocycles. The van der Waals surface area contributed by atoms with Gasteiger partial charge in [-0.1, -0.05) is 164 Å². The van der Waals surface area contributed by atoms with Crippen LogP contribution < -0.4 is 4.90 Å². The van der Waals surface area contributed by atoms with E-state index >= 15 is 0 Å². The lowest BCUT2D eigenvalue weighted by Gasteiger charge is -2.28. The molecule has 3 heteroatoms. The lowest BCUT2D eigenvalue weighted by atomic mass is 9.97. The third-order valence-electron chi connectivity index (χ3n) is 13.1. The molecule has 0 unspecified atom stereocenters. The third kappa shape index (κ3) is 6.20. The van der Waals surface area contributed by atoms with Gasteiger partial charge in [-0.15, -0.1) is 0 Å². The summed E-state index contributed by atoms with van der Waals surface area (Å²) in [6.07, 6.45) is 0. The fourth-order valence-electron chi connectivity index (χ4n) is 10.0. The van der Waals surface area contributed by atoms with Crippen LogP contribution in [-0.4, -0.2) is 4.57 Å². The standard InChI is InChI=1S/C62H40N2O/c1-2-15-43-36-47(29-28-41(43)14-1)44-18-13-19-50(37-44)63(57-24-9-6-21-52(57)48-32-35-61-55(39-48)56-38-45-16-3-4-17-46(45)40-62(56)65-61)49-33-30-42(31-34-49)51-20-5-10-25-58(51)64-59-26-11-7-22-53(59)54-23-8-12-27-60(54)64/h1-40H. The molecule has 304 valence electrons. The van der Waals surface area contributed by atoms with Crippen LogP contribution >= 0.6 is 0 Å². The molecule has 0 aliphatic carbocycles. The maximum Gasteiger partial charge on any atom is 0.136 e. The summed E-state index contributed by atoms with van der Waals surface area (Å²) in [4.78, 5) is 2.41. The molecule has 13 aromatic rings. The van der Waals surface area contributed by atoms with Crippen molar-refractivity contribution >= 4 is 82.4 Å². The number of para-hydroxylation sites is 4. The molecule has 0 atom stereocenters. The Bertz CT molecular complexity index is 3910. The van der Waals surface area contributed by atoms with Crippen LogP contribution in [0.15, 0.2) is 247 Å². The summed E-state index contributed by atoms with van der Waals surface area (Å²) < 4.78 is 8.87. The number of benzene rings is 11. The van der Waals surface area contributed by atoms with Crippen LogP contribution in [0.3, 0.4) is 0 Å². The highest BCUT2D eigenvalue weighted by Crippen LogP contribution is 2.45. The van der Waals surface area contributed by atoms with Crippen molar-refractivity contribution in [1.82, 2.24) is 4.57 Å². The Morgan fingerprint density at radius 3 is 1.68 bits per heavy atom. The second-order valence-electron chi connectivity index (χ2n) is 16.9. The molecule has 2 heterocycles. The van der Waals surface area contributed by atoms with Gasteiger partial charge in [-0.2, -0.15) is 0 Å². The summed E-state index contributed by atoms with van der Waals surface area (Å²) in [7, 11) is 0. The zero-order valence-corrected chi connectivity index (χ0v) is 35.4. The van der Waals surface area contributed by atoms with Crippen molar-refractivity contribution in [2.24, 2.45) is 0 Å². The van der Waals surface area contributed by atoms with Crippen LogP contribution in [0, 0.1) is 0 Å². The minimum Gasteiger partial charge on any atom is -0.456 e. The largest absolute Gasteiger partial charge is 0.456 e. The van der Waals surface area contributed by atoms with E-state index in [4.69, 9.17) is 4.42 Å². The predicted molar refractivity (Wildman–Crippen MR) is 274 cm³/mol. The molecule has 0 radical (unpaired) electrons. The Morgan fingerprint density at radius 1 is 0.308 bits per heavy atom. The molecule has 11 aromatic carbocycles. The van der Waals surface area contributed by atoms with Crippen molar-refractivity contribution < 1.29 is 4.42 Å². The van der Waals surface area contributed by atoms with E-state index in [1.165, 1.54) is 54.5 Å². The van der Waals surface area contributed by atoms with E-state index in [0.29, 0.717) is 0 Å². The highest BCUT2D eigenvalue weighted by molar-refractivity contribution is 6.12. The first-order chi connectivity index (χ1) is 32.2. The number of furan rings is 1. The Hall–Kier alpha value is -8.66. The number of nitrogens with zero attached hydrogens (tertiary/aromatic N) is 2. The van der Waals surface area contributed by atoms with Crippen LogP contribution in [-0.2, 0) is 0 Å². The fourth-order valence-corrected chi connectivity index (χ4v) is 10.0. The highest BCUT2D eigenvalue weighted by atomic mass is 16.3. The van der Waals surface area contributed by atoms with Crippen LogP contribution in [0.5, 0.6) is 0 Å². The lowest BCUT2D eigenvalue weighted by Crippen LogP contribution is -2.11. The minimum absolute atomic E-state index is 0.883. The van der Waals surface area contributed by atoms with Gasteiger partial charge in [0.2, 0.25) is 0 Å². The zero-order valence-electron chi connectivity index (χ0n) is 35.4. The quantitative estimate of drug-likeness (QED) is 0.160. The number of hydrogen-bond acceptors (Lipinski definition) is 2. The molecule has 0 saturated heterocycles. The first kappa shape index (κ1) is 36.9. The van der Waals surface area contributed by atoms with Crippen molar-refractivity contribution in [3.05, 3.63) is 243 Å². The SMILES string of the molecule is c1cc(-c2ccc3ccccc3c2)cc(N(c2ccc(-c3ccccc3-n3c4ccccc4c4ccccc43)cc2)c2ccccc2-c2ccc3oc4cc5ccccc5cc4c3c2)c1. The minimum atomic E-state index is 0.883. The maximum absolute atomic E-state index is 6.46. The summed E-state index contributed by atoms with van der Waals surface area (Å²) in [5.74, 6) is 0. The molecule has 13 rings (SSSR count). The topological polar surface area (TPSA) is 21.3 Å². The highest BCUT2D eigenvalue weighted by Gasteiger charge is 2.21. The molecular formula is C62H40N2O. The van der Waals surface area contributed by atoms with E-state index in [1.54, 1.807) is 0 Å². The number of fused-ring (bicyclic) bond motifs is 8. The predicted octanol–water partition coefficient (Wildman–Crippen LogP) is 17.5. The molecular weight excluding hydrogens is 789 g/mol. The van der Waals surface area contributed by atoms with Crippen molar-refractivity contribution in [3.8, 4) is 39.1 Å². The number of rotatable bonds is 7. The molecule has 0 bridgehead atoms. The summed E-state index contributed by atoms with van der Waals surface area (Å²) >= 11 is 0. The average molecular weight is 829 g/mol. The Kier molecular flexibility index (Phi) is 8.53. The van der Waals surface area contributed by atoms with Gasteiger partial charge in [0, 0.05) is 44.0 Å². The number of aromatic nitrogens is 1. The summed E-state index contributed by atoms with van der Waals surface area (Å²) in [5, 5.41) is 9.57. The normalized spacial score (nSPS) is 11.7. The molecule has 0 amide bonds. The van der Waals surface area contributed by atoms with Gasteiger partial charge in [0.1, 0.15) is 11.2 Å². The van der Waals surface area contributed by atoms with E-state index in [9.17, 15) is 0 Å². The Balaban J connectivity index is 0.970. The molecule has 3 nitrogen and oxygen atoms in total. The van der Waals surface area contributed by atoms with Crippen LogP contribution in [0.2, 0.25) is 0 Å². The molecule has 0 aliphatic heterocycles. The van der Waals surface area contributed by atoms with Gasteiger partial charge >= 0.3 is 0 Å². The van der Waals surface area contributed by atoms with Gasteiger partial charge in [-0.25, -0.2) is 0 Å². The average Bonchev–Trinajstić information content (AvgIpc) is 3.90. The summed E-state index contributed by atoms with van der Waals surface area (Å²) in [6.45, 7) is 0. The Morgan fingerprint density at radius 2 is 0.892 bits per heavy atom. The molecule has 2 aromatic heterocycles. The van der Waals surface area contributed by atoms with Gasteiger partial charge in [0.05, 0.1) is 22.4 Å². The molecule has 0 N–H and O–H groups in total. The van der Waals surface area contributed by atoms with E-state index in [1.807, 2.05) is 0 Å². The Labute approximate surface area is 376 Å². The van der Waals surface area contributed by atoms with Crippen molar-refractivity contribution in [2.45, 2.75) is 0 Å². The van der Waals surface area contributed by atoms with Gasteiger partial charge in [-0.3, -0.25) is 0 Å². The van der Waals surface area contributed by atoms with E-state index in [2.05, 4.69) is 252 Å². The van der Waals surface area contributed by atoms with Gasteiger partial charge in [0.25, 0.3) is 0 Å². The molecule has 0 aliphatic rings. The van der Waals surface area contributed by atoms with Gasteiger partial charge < -0.3 is 13.9 Å². The molecule has 0 spiro atoms. The molecule has 65 heavy (non-hydrogen) atoms. The zero-order chi connectivity index (χ0) is 42.8. The van der Waals surface area contributed by atoms with Crippen molar-refractivity contribution in [2.75, 3.05) is 4.90 Å². The van der Waals surface area contributed by atoms with Crippen LogP contribution in [0.4, 0.5) is 17.1 Å². The lowest BCUT2D eigenvalue weighted by molar-refractivity contribution is 0.669. The number of hydrogen-bond donors (Lipinski definition) is 0. The van der Waals surface area contributed by atoms with Crippen molar-refractivity contribution in [1.29, 1.82) is 0 Å². The van der Waals surface area contributed by atoms with Gasteiger partial charge in [0.15, 0.2) is 0 Å². The van der Waals surface area contributed by atoms with Crippen LogP contribution in [0.1, 0.15) is 0 Å². The smallest absolute Gasteiger partial charge is 0.136 e. The summed E-state index contributed by atoms with van der Waals surface area (Å²) in [6, 6.07) is 87.9. The van der Waals surface area contributed by atoms with E-state index in [0.717, 1.165) is 66.9 Å². The second-order valence-corrected chi connectivity index (χ2v) is 16.9. The van der Waals surface area contributed by atoms with Crippen LogP contribution in [0.25, 0.3) is 104 Å². The second kappa shape index (κ2) is 15.0. The van der Waals surface area contributed by atoms with Crippen molar-refractivity contribution in [3.63, 3.8) is 0 Å². The van der Waals surface area contributed by atoms with E-state index < -0.39 is 0 Å². The fraction of sp³-hybridized carbons (Fsp3) is 0.